The largest absolute Gasteiger partial charge is 0.356 e. The first kappa shape index (κ1) is 28.8. The Kier molecular flexibility index (Phi) is 9.36. The van der Waals surface area contributed by atoms with Crippen LogP contribution in [0.1, 0.15) is 87.5 Å². The van der Waals surface area contributed by atoms with E-state index in [0.717, 1.165) is 68.7 Å². The summed E-state index contributed by atoms with van der Waals surface area (Å²) in [7, 11) is 0. The third-order valence-corrected chi connectivity index (χ3v) is 8.92. The number of nitrogens with one attached hydrogen (secondary N) is 5. The van der Waals surface area contributed by atoms with Crippen LogP contribution >= 0.6 is 0 Å². The SMILES string of the molecule is O=C(NC1CCCCC1)C(=O)[C@H](C[C@@H]1CCNC1=O)NC(=O)[C@H](CC1CCCC1)NC(=O)c1cc2ccccc2[nH]1. The smallest absolute Gasteiger partial charge is 0.289 e. The van der Waals surface area contributed by atoms with Crippen LogP contribution in [0.4, 0.5) is 0 Å². The maximum Gasteiger partial charge on any atom is 0.289 e. The fourth-order valence-corrected chi connectivity index (χ4v) is 6.56. The van der Waals surface area contributed by atoms with Gasteiger partial charge in [0, 0.05) is 29.4 Å². The van der Waals surface area contributed by atoms with E-state index in [2.05, 4.69) is 26.3 Å². The lowest BCUT2D eigenvalue weighted by Crippen LogP contribution is -2.55. The number of aromatic amines is 1. The van der Waals surface area contributed by atoms with Gasteiger partial charge in [-0.2, -0.15) is 0 Å². The molecule has 0 bridgehead atoms. The van der Waals surface area contributed by atoms with Gasteiger partial charge in [0.2, 0.25) is 17.6 Å². The minimum absolute atomic E-state index is 0.0423. The zero-order valence-corrected chi connectivity index (χ0v) is 23.5. The molecule has 4 amide bonds. The van der Waals surface area contributed by atoms with Crippen LogP contribution in [0.15, 0.2) is 30.3 Å². The molecule has 2 aromatic rings. The third-order valence-electron chi connectivity index (χ3n) is 8.92. The molecule has 3 aliphatic rings. The maximum absolute atomic E-state index is 13.7. The average Bonchev–Trinajstić information content (AvgIpc) is 3.74. The zero-order valence-electron chi connectivity index (χ0n) is 23.5. The molecule has 0 unspecified atom stereocenters. The molecule has 0 radical (unpaired) electrons. The summed E-state index contributed by atoms with van der Waals surface area (Å²) in [6.45, 7) is 0.498. The molecule has 3 atom stereocenters. The highest BCUT2D eigenvalue weighted by Crippen LogP contribution is 2.29. The third kappa shape index (κ3) is 7.34. The van der Waals surface area contributed by atoms with E-state index < -0.39 is 41.5 Å². The van der Waals surface area contributed by atoms with Gasteiger partial charge in [-0.05, 0) is 50.2 Å². The van der Waals surface area contributed by atoms with Crippen molar-refractivity contribution in [3.05, 3.63) is 36.0 Å². The number of benzene rings is 1. The number of ketones is 1. The van der Waals surface area contributed by atoms with E-state index in [1.807, 2.05) is 24.3 Å². The van der Waals surface area contributed by atoms with Crippen molar-refractivity contribution in [3.63, 3.8) is 0 Å². The van der Waals surface area contributed by atoms with Gasteiger partial charge in [-0.25, -0.2) is 0 Å². The van der Waals surface area contributed by atoms with Crippen LogP contribution in [0.25, 0.3) is 10.9 Å². The first-order chi connectivity index (χ1) is 19.9. The summed E-state index contributed by atoms with van der Waals surface area (Å²) >= 11 is 0. The minimum atomic E-state index is -1.16. The van der Waals surface area contributed by atoms with Gasteiger partial charge in [0.1, 0.15) is 11.7 Å². The summed E-state index contributed by atoms with van der Waals surface area (Å²) in [6.07, 6.45) is 9.88. The molecular weight excluding hydrogens is 522 g/mol. The van der Waals surface area contributed by atoms with Crippen LogP contribution in [0.3, 0.4) is 0 Å². The van der Waals surface area contributed by atoms with E-state index in [9.17, 15) is 24.0 Å². The summed E-state index contributed by atoms with van der Waals surface area (Å²) in [5.41, 5.74) is 1.16. The lowest BCUT2D eigenvalue weighted by atomic mass is 9.93. The van der Waals surface area contributed by atoms with Crippen molar-refractivity contribution in [1.29, 1.82) is 0 Å². The van der Waals surface area contributed by atoms with E-state index in [1.165, 1.54) is 0 Å². The molecule has 2 heterocycles. The van der Waals surface area contributed by atoms with E-state index >= 15 is 0 Å². The Morgan fingerprint density at radius 1 is 0.854 bits per heavy atom. The van der Waals surface area contributed by atoms with E-state index in [4.69, 9.17) is 0 Å². The van der Waals surface area contributed by atoms with Gasteiger partial charge in [0.25, 0.3) is 11.8 Å². The van der Waals surface area contributed by atoms with Crippen LogP contribution in [0.5, 0.6) is 0 Å². The van der Waals surface area contributed by atoms with E-state index in [-0.39, 0.29) is 24.3 Å². The van der Waals surface area contributed by atoms with Crippen molar-refractivity contribution in [2.45, 2.75) is 95.2 Å². The number of amides is 4. The standard InChI is InChI=1S/C31H41N5O5/c37-27(31(41)33-22-11-2-1-3-12-22)24(18-21-14-15-32-28(21)38)35-29(39)25(16-19-8-4-5-9-19)36-30(40)26-17-20-10-6-7-13-23(20)34-26/h6-7,10,13,17,19,21-22,24-25,34H,1-5,8-9,11-12,14-16,18H2,(H,32,38)(H,33,41)(H,35,39)(H,36,40)/t21-,24-,25-/m0/s1. The van der Waals surface area contributed by atoms with E-state index in [0.29, 0.717) is 25.1 Å². The average molecular weight is 564 g/mol. The second kappa shape index (κ2) is 13.3. The van der Waals surface area contributed by atoms with Gasteiger partial charge in [-0.3, -0.25) is 24.0 Å². The predicted octanol–water partition coefficient (Wildman–Crippen LogP) is 2.88. The number of fused-ring (bicyclic) bond motifs is 1. The number of aromatic nitrogens is 1. The van der Waals surface area contributed by atoms with Crippen molar-refractivity contribution in [2.75, 3.05) is 6.54 Å². The molecule has 0 spiro atoms. The number of para-hydroxylation sites is 1. The molecule has 41 heavy (non-hydrogen) atoms. The Morgan fingerprint density at radius 2 is 1.59 bits per heavy atom. The lowest BCUT2D eigenvalue weighted by Gasteiger charge is -2.26. The number of carbonyl (C=O) groups is 5. The van der Waals surface area contributed by atoms with Crippen molar-refractivity contribution >= 4 is 40.3 Å². The first-order valence-corrected chi connectivity index (χ1v) is 15.2. The molecule has 1 saturated heterocycles. The fourth-order valence-electron chi connectivity index (χ4n) is 6.56. The highest BCUT2D eigenvalue weighted by molar-refractivity contribution is 6.38. The number of hydrogen-bond acceptors (Lipinski definition) is 5. The molecule has 2 saturated carbocycles. The Hall–Kier alpha value is -3.69. The molecule has 10 nitrogen and oxygen atoms in total. The number of rotatable bonds is 11. The topological polar surface area (TPSA) is 149 Å². The number of carbonyl (C=O) groups excluding carboxylic acids is 5. The van der Waals surface area contributed by atoms with Crippen LogP contribution in [-0.4, -0.2) is 59.1 Å². The molecule has 1 aromatic heterocycles. The molecule has 5 rings (SSSR count). The molecule has 2 aliphatic carbocycles. The van der Waals surface area contributed by atoms with Gasteiger partial charge < -0.3 is 26.3 Å². The van der Waals surface area contributed by atoms with Gasteiger partial charge in [-0.1, -0.05) is 63.1 Å². The normalized spacial score (nSPS) is 21.3. The summed E-state index contributed by atoms with van der Waals surface area (Å²) in [5, 5.41) is 12.2. The Balaban J connectivity index is 1.31. The quantitative estimate of drug-likeness (QED) is 0.267. The van der Waals surface area contributed by atoms with E-state index in [1.54, 1.807) is 6.07 Å². The van der Waals surface area contributed by atoms with Gasteiger partial charge >= 0.3 is 0 Å². The summed E-state index contributed by atoms with van der Waals surface area (Å²) in [6, 6.07) is 7.19. The lowest BCUT2D eigenvalue weighted by molar-refractivity contribution is -0.141. The van der Waals surface area contributed by atoms with Crippen molar-refractivity contribution in [2.24, 2.45) is 11.8 Å². The monoisotopic (exact) mass is 563 g/mol. The Labute approximate surface area is 240 Å². The second-order valence-electron chi connectivity index (χ2n) is 11.9. The summed E-state index contributed by atoms with van der Waals surface area (Å²) in [4.78, 5) is 68.9. The first-order valence-electron chi connectivity index (χ1n) is 15.2. The zero-order chi connectivity index (χ0) is 28.8. The highest BCUT2D eigenvalue weighted by atomic mass is 16.2. The fraction of sp³-hybridized carbons (Fsp3) is 0.581. The minimum Gasteiger partial charge on any atom is -0.356 e. The summed E-state index contributed by atoms with van der Waals surface area (Å²) < 4.78 is 0. The van der Waals surface area contributed by atoms with Gasteiger partial charge in [-0.15, -0.1) is 0 Å². The molecule has 10 heteroatoms. The molecule has 1 aliphatic heterocycles. The maximum atomic E-state index is 13.7. The number of Topliss-reactive ketones (excluding diaryl/α,β-unsaturated/α-hetero) is 1. The van der Waals surface area contributed by atoms with Crippen LogP contribution in [0, 0.1) is 11.8 Å². The molecule has 5 N–H and O–H groups in total. The molecule has 1 aromatic carbocycles. The van der Waals surface area contributed by atoms with Crippen molar-refractivity contribution in [3.8, 4) is 0 Å². The van der Waals surface area contributed by atoms with Crippen LogP contribution in [-0.2, 0) is 19.2 Å². The number of H-pyrrole nitrogens is 1. The van der Waals surface area contributed by atoms with Crippen molar-refractivity contribution in [1.82, 2.24) is 26.3 Å². The predicted molar refractivity (Wildman–Crippen MR) is 154 cm³/mol. The second-order valence-corrected chi connectivity index (χ2v) is 11.9. The molecule has 3 fully saturated rings. The van der Waals surface area contributed by atoms with Gasteiger partial charge in [0.15, 0.2) is 0 Å². The Morgan fingerprint density at radius 3 is 2.29 bits per heavy atom. The molecule has 220 valence electrons. The Bertz CT molecular complexity index is 1240. The summed E-state index contributed by atoms with van der Waals surface area (Å²) in [5.74, 6) is -2.77. The van der Waals surface area contributed by atoms with Gasteiger partial charge in [0.05, 0.1) is 6.04 Å². The van der Waals surface area contributed by atoms with Crippen molar-refractivity contribution < 1.29 is 24.0 Å². The number of hydrogen-bond donors (Lipinski definition) is 5. The van der Waals surface area contributed by atoms with Crippen LogP contribution in [0.2, 0.25) is 0 Å². The van der Waals surface area contributed by atoms with Crippen LogP contribution < -0.4 is 21.3 Å². The molecular formula is C31H41N5O5. The highest BCUT2D eigenvalue weighted by Gasteiger charge is 2.37.